The van der Waals surface area contributed by atoms with Crippen LogP contribution in [0.15, 0.2) is 52.7 Å². The lowest BCUT2D eigenvalue weighted by molar-refractivity contribution is 0.0708. The molecule has 4 heterocycles. The molecular weight excluding hydrogens is 506 g/mol. The van der Waals surface area contributed by atoms with Crippen LogP contribution in [0.5, 0.6) is 0 Å². The standard InChI is InChI=1S/C23H20BrN5OS2/c1-14-20(15-2-4-17(24)5-3-15)28-21(32-14)16-6-10-29(11-7-16)23(30)19-13-31-22(27-19)18-12-25-8-9-26-18/h2-5,8-9,12-13,16H,6-7,10-11H2,1H3. The minimum absolute atomic E-state index is 0.0132. The highest BCUT2D eigenvalue weighted by Gasteiger charge is 2.28. The zero-order chi connectivity index (χ0) is 22.1. The van der Waals surface area contributed by atoms with Crippen LogP contribution in [0.1, 0.15) is 39.1 Å². The van der Waals surface area contributed by atoms with Gasteiger partial charge in [-0.05, 0) is 31.9 Å². The van der Waals surface area contributed by atoms with Gasteiger partial charge in [-0.25, -0.2) is 9.97 Å². The summed E-state index contributed by atoms with van der Waals surface area (Å²) in [5, 5.41) is 3.70. The number of carbonyl (C=O) groups is 1. The fraction of sp³-hybridized carbons (Fsp3) is 0.261. The van der Waals surface area contributed by atoms with E-state index in [4.69, 9.17) is 4.98 Å². The van der Waals surface area contributed by atoms with Crippen molar-refractivity contribution in [1.82, 2.24) is 24.8 Å². The molecular formula is C23H20BrN5OS2. The van der Waals surface area contributed by atoms with Gasteiger partial charge >= 0.3 is 0 Å². The van der Waals surface area contributed by atoms with Crippen LogP contribution in [0, 0.1) is 6.92 Å². The molecule has 3 aromatic heterocycles. The Morgan fingerprint density at radius 3 is 2.62 bits per heavy atom. The molecule has 1 aromatic carbocycles. The maximum absolute atomic E-state index is 13.0. The summed E-state index contributed by atoms with van der Waals surface area (Å²) in [6.07, 6.45) is 6.75. The number of hydrogen-bond donors (Lipinski definition) is 0. The van der Waals surface area contributed by atoms with Gasteiger partial charge in [0.25, 0.3) is 5.91 Å². The molecule has 1 fully saturated rings. The van der Waals surface area contributed by atoms with Crippen molar-refractivity contribution in [3.8, 4) is 22.0 Å². The number of benzene rings is 1. The number of piperidine rings is 1. The highest BCUT2D eigenvalue weighted by atomic mass is 79.9. The van der Waals surface area contributed by atoms with Gasteiger partial charge in [0, 0.05) is 51.7 Å². The summed E-state index contributed by atoms with van der Waals surface area (Å²) in [5.74, 6) is 0.373. The highest BCUT2D eigenvalue weighted by Crippen LogP contribution is 2.36. The maximum Gasteiger partial charge on any atom is 0.273 e. The predicted octanol–water partition coefficient (Wildman–Crippen LogP) is 5.81. The first-order chi connectivity index (χ1) is 15.6. The first-order valence-electron chi connectivity index (χ1n) is 10.3. The van der Waals surface area contributed by atoms with Gasteiger partial charge in [0.2, 0.25) is 0 Å². The van der Waals surface area contributed by atoms with Gasteiger partial charge in [0.05, 0.1) is 16.9 Å². The number of hydrogen-bond acceptors (Lipinski definition) is 7. The topological polar surface area (TPSA) is 71.9 Å². The van der Waals surface area contributed by atoms with Crippen LogP contribution in [-0.2, 0) is 0 Å². The molecule has 0 atom stereocenters. The van der Waals surface area contributed by atoms with E-state index in [9.17, 15) is 4.79 Å². The SMILES string of the molecule is Cc1sc(C2CCN(C(=O)c3csc(-c4cnccn4)n3)CC2)nc1-c1ccc(Br)cc1. The van der Waals surface area contributed by atoms with Crippen LogP contribution in [0.25, 0.3) is 22.0 Å². The second-order valence-electron chi connectivity index (χ2n) is 7.66. The Kier molecular flexibility index (Phi) is 6.12. The number of thiazole rings is 2. The third kappa shape index (κ3) is 4.37. The van der Waals surface area contributed by atoms with Crippen LogP contribution >= 0.6 is 38.6 Å². The molecule has 0 spiro atoms. The van der Waals surface area contributed by atoms with E-state index in [0.29, 0.717) is 30.4 Å². The van der Waals surface area contributed by atoms with E-state index >= 15 is 0 Å². The van der Waals surface area contributed by atoms with Crippen molar-refractivity contribution in [2.45, 2.75) is 25.7 Å². The van der Waals surface area contributed by atoms with E-state index in [-0.39, 0.29) is 5.91 Å². The lowest BCUT2D eigenvalue weighted by Crippen LogP contribution is -2.38. The molecule has 4 aromatic rings. The van der Waals surface area contributed by atoms with Crippen molar-refractivity contribution in [2.24, 2.45) is 0 Å². The highest BCUT2D eigenvalue weighted by molar-refractivity contribution is 9.10. The zero-order valence-corrected chi connectivity index (χ0v) is 20.6. The Balaban J connectivity index is 1.25. The Morgan fingerprint density at radius 2 is 1.91 bits per heavy atom. The third-order valence-electron chi connectivity index (χ3n) is 5.57. The Hall–Kier alpha value is -2.49. The van der Waals surface area contributed by atoms with E-state index in [1.165, 1.54) is 21.2 Å². The molecule has 162 valence electrons. The van der Waals surface area contributed by atoms with Crippen molar-refractivity contribution in [3.63, 3.8) is 0 Å². The first kappa shape index (κ1) is 21.4. The molecule has 1 saturated heterocycles. The van der Waals surface area contributed by atoms with Crippen molar-refractivity contribution in [2.75, 3.05) is 13.1 Å². The van der Waals surface area contributed by atoms with Gasteiger partial charge < -0.3 is 4.90 Å². The second kappa shape index (κ2) is 9.17. The number of carbonyl (C=O) groups excluding carboxylic acids is 1. The van der Waals surface area contributed by atoms with Crippen LogP contribution in [0.2, 0.25) is 0 Å². The Labute approximate surface area is 202 Å². The molecule has 6 nitrogen and oxygen atoms in total. The average Bonchev–Trinajstić information content (AvgIpc) is 3.47. The van der Waals surface area contributed by atoms with E-state index in [1.54, 1.807) is 29.9 Å². The fourth-order valence-corrected chi connectivity index (χ4v) is 5.99. The summed E-state index contributed by atoms with van der Waals surface area (Å²) < 4.78 is 1.07. The van der Waals surface area contributed by atoms with E-state index in [2.05, 4.69) is 49.9 Å². The molecule has 1 aliphatic rings. The normalized spacial score (nSPS) is 14.6. The number of likely N-dealkylation sites (tertiary alicyclic amines) is 1. The minimum Gasteiger partial charge on any atom is -0.337 e. The number of aromatic nitrogens is 4. The number of nitrogens with zero attached hydrogens (tertiary/aromatic N) is 5. The van der Waals surface area contributed by atoms with Crippen molar-refractivity contribution in [1.29, 1.82) is 0 Å². The Bertz CT molecular complexity index is 1230. The zero-order valence-electron chi connectivity index (χ0n) is 17.4. The molecule has 0 radical (unpaired) electrons. The first-order valence-corrected chi connectivity index (χ1v) is 12.8. The largest absolute Gasteiger partial charge is 0.337 e. The van der Waals surface area contributed by atoms with Crippen LogP contribution in [0.3, 0.4) is 0 Å². The minimum atomic E-state index is -0.0132. The predicted molar refractivity (Wildman–Crippen MR) is 131 cm³/mol. The average molecular weight is 526 g/mol. The number of aryl methyl sites for hydroxylation is 1. The monoisotopic (exact) mass is 525 g/mol. The maximum atomic E-state index is 13.0. The van der Waals surface area contributed by atoms with Crippen molar-refractivity contribution >= 4 is 44.5 Å². The summed E-state index contributed by atoms with van der Waals surface area (Å²) in [6, 6.07) is 8.29. The van der Waals surface area contributed by atoms with Gasteiger partial charge in [0.1, 0.15) is 16.4 Å². The molecule has 1 amide bonds. The summed E-state index contributed by atoms with van der Waals surface area (Å²) in [5.41, 5.74) is 3.38. The molecule has 32 heavy (non-hydrogen) atoms. The van der Waals surface area contributed by atoms with Crippen LogP contribution < -0.4 is 0 Å². The molecule has 5 rings (SSSR count). The molecule has 0 unspecified atom stereocenters. The Morgan fingerprint density at radius 1 is 1.12 bits per heavy atom. The van der Waals surface area contributed by atoms with Gasteiger partial charge in [0.15, 0.2) is 0 Å². The van der Waals surface area contributed by atoms with Crippen molar-refractivity contribution < 1.29 is 4.79 Å². The summed E-state index contributed by atoms with van der Waals surface area (Å²) >= 11 is 6.69. The molecule has 1 aliphatic heterocycles. The smallest absolute Gasteiger partial charge is 0.273 e. The molecule has 0 aliphatic carbocycles. The van der Waals surface area contributed by atoms with Gasteiger partial charge in [-0.1, -0.05) is 28.1 Å². The summed E-state index contributed by atoms with van der Waals surface area (Å²) in [6.45, 7) is 3.57. The van der Waals surface area contributed by atoms with E-state index < -0.39 is 0 Å². The summed E-state index contributed by atoms with van der Waals surface area (Å²) in [7, 11) is 0. The van der Waals surface area contributed by atoms with E-state index in [0.717, 1.165) is 33.6 Å². The number of rotatable bonds is 4. The van der Waals surface area contributed by atoms with Gasteiger partial charge in [-0.2, -0.15) is 0 Å². The number of amides is 1. The van der Waals surface area contributed by atoms with Crippen molar-refractivity contribution in [3.05, 3.63) is 68.3 Å². The van der Waals surface area contributed by atoms with Gasteiger partial charge in [-0.3, -0.25) is 14.8 Å². The van der Waals surface area contributed by atoms with E-state index in [1.807, 2.05) is 22.4 Å². The summed E-state index contributed by atoms with van der Waals surface area (Å²) in [4.78, 5) is 33.9. The van der Waals surface area contributed by atoms with Gasteiger partial charge in [-0.15, -0.1) is 22.7 Å². The third-order valence-corrected chi connectivity index (χ3v) is 8.09. The van der Waals surface area contributed by atoms with Crippen LogP contribution in [-0.4, -0.2) is 43.8 Å². The lowest BCUT2D eigenvalue weighted by atomic mass is 9.97. The molecule has 0 saturated carbocycles. The van der Waals surface area contributed by atoms with Crippen LogP contribution in [0.4, 0.5) is 0 Å². The fourth-order valence-electron chi connectivity index (χ4n) is 3.86. The molecule has 0 bridgehead atoms. The second-order valence-corrected chi connectivity index (χ2v) is 10.7. The molecule has 9 heteroatoms. The lowest BCUT2D eigenvalue weighted by Gasteiger charge is -2.30. The quantitative estimate of drug-likeness (QED) is 0.336. The molecule has 0 N–H and O–H groups in total. The number of halogens is 1.